The van der Waals surface area contributed by atoms with Crippen LogP contribution in [0.1, 0.15) is 25.3 Å². The van der Waals surface area contributed by atoms with Gasteiger partial charge < -0.3 is 14.8 Å². The van der Waals surface area contributed by atoms with Crippen LogP contribution in [-0.4, -0.2) is 64.7 Å². The number of nitrogens with zero attached hydrogens (tertiary/aromatic N) is 1. The molecule has 0 aliphatic carbocycles. The van der Waals surface area contributed by atoms with Gasteiger partial charge in [0.05, 0.1) is 6.04 Å². The number of benzene rings is 2. The van der Waals surface area contributed by atoms with Gasteiger partial charge in [0, 0.05) is 32.3 Å². The molecule has 8 nitrogen and oxygen atoms in total. The number of carbonyl (C=O) groups is 1. The minimum absolute atomic E-state index is 0.198. The highest BCUT2D eigenvalue weighted by atomic mass is 32.2. The first-order valence-corrected chi connectivity index (χ1v) is 12.8. The molecule has 1 aliphatic rings. The van der Waals surface area contributed by atoms with E-state index in [4.69, 9.17) is 9.47 Å². The van der Waals surface area contributed by atoms with Gasteiger partial charge in [-0.3, -0.25) is 9.69 Å². The maximum Gasteiger partial charge on any atom is 0.244 e. The van der Waals surface area contributed by atoms with Crippen LogP contribution in [0.15, 0.2) is 53.4 Å². The van der Waals surface area contributed by atoms with Crippen LogP contribution in [0, 0.1) is 5.82 Å². The van der Waals surface area contributed by atoms with Gasteiger partial charge in [0.2, 0.25) is 15.9 Å². The van der Waals surface area contributed by atoms with Crippen LogP contribution in [0.5, 0.6) is 5.75 Å². The number of hydrogen-bond donors (Lipinski definition) is 2. The van der Waals surface area contributed by atoms with Crippen molar-refractivity contribution in [1.29, 1.82) is 0 Å². The van der Waals surface area contributed by atoms with E-state index in [1.807, 2.05) is 24.3 Å². The fourth-order valence-electron chi connectivity index (χ4n) is 3.72. The normalized spacial score (nSPS) is 15.8. The second-order valence-corrected chi connectivity index (χ2v) is 9.99. The molecular weight excluding hydrogens is 461 g/mol. The predicted octanol–water partition coefficient (Wildman–Crippen LogP) is 2.30. The van der Waals surface area contributed by atoms with Crippen molar-refractivity contribution < 1.29 is 27.1 Å². The molecule has 0 aromatic heterocycles. The van der Waals surface area contributed by atoms with Crippen molar-refractivity contribution in [3.8, 4) is 5.75 Å². The first kappa shape index (κ1) is 26.1. The molecular formula is C24H32FN3O5S. The Balaban J connectivity index is 1.46. The van der Waals surface area contributed by atoms with E-state index in [2.05, 4.69) is 22.0 Å². The van der Waals surface area contributed by atoms with Gasteiger partial charge in [-0.15, -0.1) is 0 Å². The monoisotopic (exact) mass is 493 g/mol. The summed E-state index contributed by atoms with van der Waals surface area (Å²) in [5.41, 5.74) is 0.813. The lowest BCUT2D eigenvalue weighted by atomic mass is 10.1. The number of sulfonamides is 1. The molecule has 0 bridgehead atoms. The molecule has 2 aromatic rings. The van der Waals surface area contributed by atoms with Crippen LogP contribution in [0.3, 0.4) is 0 Å². The topological polar surface area (TPSA) is 97.0 Å². The molecule has 1 atom stereocenters. The van der Waals surface area contributed by atoms with Gasteiger partial charge in [-0.1, -0.05) is 24.3 Å². The third-order valence-electron chi connectivity index (χ3n) is 5.74. The number of rotatable bonds is 11. The van der Waals surface area contributed by atoms with E-state index >= 15 is 0 Å². The van der Waals surface area contributed by atoms with E-state index in [1.165, 1.54) is 19.1 Å². The largest absolute Gasteiger partial charge is 0.492 e. The molecule has 1 fully saturated rings. The summed E-state index contributed by atoms with van der Waals surface area (Å²) >= 11 is 0. The molecule has 0 unspecified atom stereocenters. The van der Waals surface area contributed by atoms with Gasteiger partial charge in [-0.2, -0.15) is 4.72 Å². The summed E-state index contributed by atoms with van der Waals surface area (Å²) < 4.78 is 52.1. The average Bonchev–Trinajstić information content (AvgIpc) is 2.83. The smallest absolute Gasteiger partial charge is 0.244 e. The van der Waals surface area contributed by atoms with Crippen molar-refractivity contribution in [3.05, 3.63) is 59.9 Å². The van der Waals surface area contributed by atoms with Crippen LogP contribution < -0.4 is 14.8 Å². The Bertz CT molecular complexity index is 1060. The van der Waals surface area contributed by atoms with Gasteiger partial charge in [0.15, 0.2) is 0 Å². The molecule has 3 rings (SSSR count). The summed E-state index contributed by atoms with van der Waals surface area (Å²) in [7, 11) is -2.08. The maximum atomic E-state index is 13.8. The van der Waals surface area contributed by atoms with Crippen LogP contribution in [0.4, 0.5) is 4.39 Å². The molecule has 2 N–H and O–H groups in total. The quantitative estimate of drug-likeness (QED) is 0.499. The molecule has 2 aromatic carbocycles. The Morgan fingerprint density at radius 3 is 2.68 bits per heavy atom. The molecule has 1 aliphatic heterocycles. The Morgan fingerprint density at radius 2 is 1.94 bits per heavy atom. The van der Waals surface area contributed by atoms with Gasteiger partial charge in [-0.25, -0.2) is 12.8 Å². The van der Waals surface area contributed by atoms with Crippen molar-refractivity contribution in [2.24, 2.45) is 0 Å². The third kappa shape index (κ3) is 7.49. The van der Waals surface area contributed by atoms with Crippen molar-refractivity contribution in [2.45, 2.75) is 43.3 Å². The zero-order valence-corrected chi connectivity index (χ0v) is 20.3. The summed E-state index contributed by atoms with van der Waals surface area (Å²) in [6.07, 6.45) is 2.06. The number of likely N-dealkylation sites (N-methyl/N-ethyl adjacent to an activating group) is 1. The molecule has 34 heavy (non-hydrogen) atoms. The molecule has 1 amide bonds. The van der Waals surface area contributed by atoms with E-state index in [1.54, 1.807) is 0 Å². The molecule has 0 radical (unpaired) electrons. The summed E-state index contributed by atoms with van der Waals surface area (Å²) in [6, 6.07) is 11.8. The number of nitrogens with one attached hydrogen (secondary N) is 2. The molecule has 1 saturated heterocycles. The minimum atomic E-state index is -4.17. The lowest BCUT2D eigenvalue weighted by molar-refractivity contribution is -0.122. The van der Waals surface area contributed by atoms with E-state index < -0.39 is 32.7 Å². The van der Waals surface area contributed by atoms with Crippen LogP contribution in [-0.2, 0) is 26.1 Å². The number of hydrogen-bond acceptors (Lipinski definition) is 6. The van der Waals surface area contributed by atoms with Crippen molar-refractivity contribution in [3.63, 3.8) is 0 Å². The van der Waals surface area contributed by atoms with Crippen molar-refractivity contribution in [1.82, 2.24) is 14.9 Å². The molecule has 0 saturated carbocycles. The SMILES string of the molecule is C[C@H](NS(=O)(=O)c1ccccc1F)C(=O)NCc1cccc(OCCN(C)C2CCOCC2)c1. The Kier molecular flexibility index (Phi) is 9.40. The number of amides is 1. The highest BCUT2D eigenvalue weighted by Gasteiger charge is 2.24. The highest BCUT2D eigenvalue weighted by molar-refractivity contribution is 7.89. The maximum absolute atomic E-state index is 13.8. The lowest BCUT2D eigenvalue weighted by Gasteiger charge is -2.31. The Morgan fingerprint density at radius 1 is 1.21 bits per heavy atom. The zero-order valence-electron chi connectivity index (χ0n) is 19.5. The number of ether oxygens (including phenoxy) is 2. The van der Waals surface area contributed by atoms with E-state index in [0.29, 0.717) is 18.4 Å². The molecule has 10 heteroatoms. The fourth-order valence-corrected chi connectivity index (χ4v) is 5.00. The zero-order chi connectivity index (χ0) is 24.6. The molecule has 0 spiro atoms. The average molecular weight is 494 g/mol. The number of halogens is 1. The van der Waals surface area contributed by atoms with Crippen LogP contribution in [0.2, 0.25) is 0 Å². The summed E-state index contributed by atoms with van der Waals surface area (Å²) in [6.45, 7) is 4.54. The second kappa shape index (κ2) is 12.3. The standard InChI is InChI=1S/C24H32FN3O5S/c1-18(27-34(30,31)23-9-4-3-8-22(23)25)24(29)26-17-19-6-5-7-21(16-19)33-15-12-28(2)20-10-13-32-14-11-20/h3-9,16,18,20,27H,10-15,17H2,1-2H3,(H,26,29)/t18-/m0/s1. The summed E-state index contributed by atoms with van der Waals surface area (Å²) in [4.78, 5) is 14.2. The predicted molar refractivity (Wildman–Crippen MR) is 126 cm³/mol. The van der Waals surface area contributed by atoms with Gasteiger partial charge in [-0.05, 0) is 56.6 Å². The van der Waals surface area contributed by atoms with Crippen LogP contribution in [0.25, 0.3) is 0 Å². The second-order valence-electron chi connectivity index (χ2n) is 8.31. The van der Waals surface area contributed by atoms with Crippen LogP contribution >= 0.6 is 0 Å². The summed E-state index contributed by atoms with van der Waals surface area (Å²) in [5.74, 6) is -0.705. The molecule has 1 heterocycles. The Labute approximate surface area is 200 Å². The van der Waals surface area contributed by atoms with E-state index in [0.717, 1.165) is 50.3 Å². The highest BCUT2D eigenvalue weighted by Crippen LogP contribution is 2.16. The van der Waals surface area contributed by atoms with Gasteiger partial charge >= 0.3 is 0 Å². The molecule has 186 valence electrons. The first-order chi connectivity index (χ1) is 16.3. The first-order valence-electron chi connectivity index (χ1n) is 11.3. The van der Waals surface area contributed by atoms with E-state index in [-0.39, 0.29) is 6.54 Å². The fraction of sp³-hybridized carbons (Fsp3) is 0.458. The number of carbonyl (C=O) groups excluding carboxylic acids is 1. The van der Waals surface area contributed by atoms with Gasteiger partial charge in [0.25, 0.3) is 0 Å². The van der Waals surface area contributed by atoms with Crippen molar-refractivity contribution in [2.75, 3.05) is 33.4 Å². The van der Waals surface area contributed by atoms with Crippen molar-refractivity contribution >= 4 is 15.9 Å². The summed E-state index contributed by atoms with van der Waals surface area (Å²) in [5, 5.41) is 2.70. The van der Waals surface area contributed by atoms with Gasteiger partial charge in [0.1, 0.15) is 23.1 Å². The lowest BCUT2D eigenvalue weighted by Crippen LogP contribution is -2.44. The minimum Gasteiger partial charge on any atom is -0.492 e. The third-order valence-corrected chi connectivity index (χ3v) is 7.32. The Hall–Kier alpha value is -2.53. The van der Waals surface area contributed by atoms with E-state index in [9.17, 15) is 17.6 Å².